The number of rotatable bonds is 7. The summed E-state index contributed by atoms with van der Waals surface area (Å²) in [5.74, 6) is 0.0202. The van der Waals surface area contributed by atoms with E-state index in [-0.39, 0.29) is 11.1 Å². The van der Waals surface area contributed by atoms with Crippen LogP contribution in [-0.4, -0.2) is 29.1 Å². The molecule has 0 atom stereocenters. The van der Waals surface area contributed by atoms with E-state index in [4.69, 9.17) is 4.74 Å². The number of carbonyl (C=O) groups is 2. The smallest absolute Gasteiger partial charge is 0.336 e. The Balaban J connectivity index is 1.47. The summed E-state index contributed by atoms with van der Waals surface area (Å²) >= 11 is 3.20. The molecular weight excluding hydrogens is 432 g/mol. The minimum Gasteiger partial charge on any atom is -0.497 e. The van der Waals surface area contributed by atoms with Crippen LogP contribution in [0.25, 0.3) is 10.2 Å². The molecule has 31 heavy (non-hydrogen) atoms. The number of carboxylic acids is 1. The van der Waals surface area contributed by atoms with Gasteiger partial charge in [0.05, 0.1) is 28.5 Å². The number of fused-ring (bicyclic) bond motifs is 1. The minimum absolute atomic E-state index is 0.0314. The maximum atomic E-state index is 12.6. The molecule has 0 radical (unpaired) electrons. The molecule has 8 heteroatoms. The highest BCUT2D eigenvalue weighted by molar-refractivity contribution is 8.00. The van der Waals surface area contributed by atoms with Crippen LogP contribution in [0, 0.1) is 0 Å². The molecule has 0 aliphatic carbocycles. The number of thioether (sulfide) groups is 1. The summed E-state index contributed by atoms with van der Waals surface area (Å²) in [4.78, 5) is 28.6. The number of aromatic carboxylic acids is 1. The van der Waals surface area contributed by atoms with E-state index < -0.39 is 11.9 Å². The summed E-state index contributed by atoms with van der Waals surface area (Å²) in [6, 6.07) is 19.5. The highest BCUT2D eigenvalue weighted by Crippen LogP contribution is 2.33. The molecule has 6 nitrogen and oxygen atoms in total. The minimum atomic E-state index is -1.14. The summed E-state index contributed by atoms with van der Waals surface area (Å²) in [6.45, 7) is 0. The largest absolute Gasteiger partial charge is 0.497 e. The van der Waals surface area contributed by atoms with Gasteiger partial charge in [-0.3, -0.25) is 4.79 Å². The number of hydrogen-bond acceptors (Lipinski definition) is 6. The second-order valence-corrected chi connectivity index (χ2v) is 8.86. The van der Waals surface area contributed by atoms with E-state index in [2.05, 4.69) is 10.3 Å². The highest BCUT2D eigenvalue weighted by Gasteiger charge is 2.16. The number of benzene rings is 3. The fourth-order valence-electron chi connectivity index (χ4n) is 2.98. The molecule has 2 N–H and O–H groups in total. The van der Waals surface area contributed by atoms with Crippen LogP contribution >= 0.6 is 23.1 Å². The molecule has 0 saturated carbocycles. The summed E-state index contributed by atoms with van der Waals surface area (Å²) in [7, 11) is 1.65. The Morgan fingerprint density at radius 2 is 1.81 bits per heavy atom. The van der Waals surface area contributed by atoms with E-state index in [0.29, 0.717) is 5.69 Å². The predicted molar refractivity (Wildman–Crippen MR) is 124 cm³/mol. The van der Waals surface area contributed by atoms with Crippen LogP contribution in [0.4, 0.5) is 5.69 Å². The molecule has 3 aromatic carbocycles. The second kappa shape index (κ2) is 9.20. The van der Waals surface area contributed by atoms with Crippen molar-refractivity contribution in [1.29, 1.82) is 0 Å². The van der Waals surface area contributed by atoms with Crippen molar-refractivity contribution in [3.8, 4) is 5.75 Å². The standard InChI is InChI=1S/C23H18N2O4S2/c1-29-16-9-6-14(7-10-16)13-30-23-25-19-11-8-15(12-20(19)31-23)24-21(26)17-4-2-3-5-18(17)22(27)28/h2-12H,13H2,1H3,(H,24,26)(H,27,28). The van der Waals surface area contributed by atoms with Crippen LogP contribution in [0.3, 0.4) is 0 Å². The highest BCUT2D eigenvalue weighted by atomic mass is 32.2. The molecule has 4 rings (SSSR count). The third kappa shape index (κ3) is 4.87. The Morgan fingerprint density at radius 1 is 1.06 bits per heavy atom. The van der Waals surface area contributed by atoms with Crippen molar-refractivity contribution in [2.24, 2.45) is 0 Å². The summed E-state index contributed by atoms with van der Waals surface area (Å²) in [5, 5.41) is 12.1. The molecular formula is C23H18N2O4S2. The van der Waals surface area contributed by atoms with E-state index in [1.165, 1.54) is 17.7 Å². The van der Waals surface area contributed by atoms with Gasteiger partial charge in [-0.15, -0.1) is 11.3 Å². The zero-order chi connectivity index (χ0) is 21.8. The van der Waals surface area contributed by atoms with Crippen LogP contribution in [0.2, 0.25) is 0 Å². The number of anilines is 1. The third-order valence-electron chi connectivity index (χ3n) is 4.55. The van der Waals surface area contributed by atoms with Gasteiger partial charge in [0, 0.05) is 11.4 Å². The van der Waals surface area contributed by atoms with Gasteiger partial charge in [-0.2, -0.15) is 0 Å². The van der Waals surface area contributed by atoms with Crippen molar-refractivity contribution < 1.29 is 19.4 Å². The SMILES string of the molecule is COc1ccc(CSc2nc3ccc(NC(=O)c4ccccc4C(=O)O)cc3s2)cc1. The van der Waals surface area contributed by atoms with Gasteiger partial charge in [-0.25, -0.2) is 9.78 Å². The monoisotopic (exact) mass is 450 g/mol. The van der Waals surface area contributed by atoms with E-state index >= 15 is 0 Å². The zero-order valence-corrected chi connectivity index (χ0v) is 18.1. The van der Waals surface area contributed by atoms with E-state index in [1.807, 2.05) is 36.4 Å². The Kier molecular flexibility index (Phi) is 6.20. The lowest BCUT2D eigenvalue weighted by atomic mass is 10.1. The van der Waals surface area contributed by atoms with Crippen LogP contribution in [0.5, 0.6) is 5.75 Å². The lowest BCUT2D eigenvalue weighted by Crippen LogP contribution is -2.16. The Labute approximate surface area is 186 Å². The third-order valence-corrected chi connectivity index (χ3v) is 6.78. The average molecular weight is 451 g/mol. The van der Waals surface area contributed by atoms with Gasteiger partial charge in [-0.05, 0) is 48.0 Å². The number of nitrogens with zero attached hydrogens (tertiary/aromatic N) is 1. The summed E-state index contributed by atoms with van der Waals surface area (Å²) in [6.07, 6.45) is 0. The van der Waals surface area contributed by atoms with Gasteiger partial charge in [0.1, 0.15) is 5.75 Å². The number of carboxylic acid groups (broad SMARTS) is 1. The quantitative estimate of drug-likeness (QED) is 0.359. The Morgan fingerprint density at radius 3 is 2.52 bits per heavy atom. The fourth-order valence-corrected chi connectivity index (χ4v) is 5.04. The van der Waals surface area contributed by atoms with Gasteiger partial charge in [0.2, 0.25) is 0 Å². The van der Waals surface area contributed by atoms with Crippen LogP contribution in [0.15, 0.2) is 71.1 Å². The van der Waals surface area contributed by atoms with E-state index in [9.17, 15) is 14.7 Å². The van der Waals surface area contributed by atoms with Crippen molar-refractivity contribution in [3.63, 3.8) is 0 Å². The zero-order valence-electron chi connectivity index (χ0n) is 16.5. The number of ether oxygens (including phenoxy) is 1. The maximum absolute atomic E-state index is 12.6. The molecule has 1 aromatic heterocycles. The first-order chi connectivity index (χ1) is 15.0. The molecule has 0 fully saturated rings. The molecule has 4 aromatic rings. The van der Waals surface area contributed by atoms with Crippen LogP contribution in [-0.2, 0) is 5.75 Å². The maximum Gasteiger partial charge on any atom is 0.336 e. The van der Waals surface area contributed by atoms with Crippen molar-refractivity contribution in [1.82, 2.24) is 4.98 Å². The first-order valence-electron chi connectivity index (χ1n) is 9.33. The number of amides is 1. The lowest BCUT2D eigenvalue weighted by Gasteiger charge is -2.07. The average Bonchev–Trinajstić information content (AvgIpc) is 3.20. The van der Waals surface area contributed by atoms with Gasteiger partial charge in [0.25, 0.3) is 5.91 Å². The van der Waals surface area contributed by atoms with Crippen molar-refractivity contribution in [3.05, 3.63) is 83.4 Å². The molecule has 1 heterocycles. The van der Waals surface area contributed by atoms with Crippen molar-refractivity contribution in [2.45, 2.75) is 10.1 Å². The van der Waals surface area contributed by atoms with E-state index in [1.54, 1.807) is 48.4 Å². The van der Waals surface area contributed by atoms with Crippen molar-refractivity contribution >= 4 is 50.9 Å². The molecule has 0 aliphatic rings. The molecule has 0 aliphatic heterocycles. The van der Waals surface area contributed by atoms with Gasteiger partial charge >= 0.3 is 5.97 Å². The van der Waals surface area contributed by atoms with Crippen LogP contribution in [0.1, 0.15) is 26.3 Å². The normalized spacial score (nSPS) is 10.7. The molecule has 0 saturated heterocycles. The van der Waals surface area contributed by atoms with Gasteiger partial charge < -0.3 is 15.2 Å². The number of thiazole rings is 1. The predicted octanol–water partition coefficient (Wildman–Crippen LogP) is 5.55. The first kappa shape index (κ1) is 20.9. The van der Waals surface area contributed by atoms with Gasteiger partial charge in [-0.1, -0.05) is 36.0 Å². The Hall–Kier alpha value is -3.36. The topological polar surface area (TPSA) is 88.5 Å². The molecule has 0 spiro atoms. The molecule has 0 bridgehead atoms. The van der Waals surface area contributed by atoms with E-state index in [0.717, 1.165) is 26.1 Å². The lowest BCUT2D eigenvalue weighted by molar-refractivity contribution is 0.0692. The fraction of sp³-hybridized carbons (Fsp3) is 0.0870. The second-order valence-electron chi connectivity index (χ2n) is 6.60. The molecule has 156 valence electrons. The Bertz CT molecular complexity index is 1250. The first-order valence-corrected chi connectivity index (χ1v) is 11.1. The summed E-state index contributed by atoms with van der Waals surface area (Å²) in [5.41, 5.74) is 2.71. The number of carbonyl (C=O) groups excluding carboxylic acids is 1. The number of methoxy groups -OCH3 is 1. The number of aromatic nitrogens is 1. The van der Waals surface area contributed by atoms with Gasteiger partial charge in [0.15, 0.2) is 4.34 Å². The number of nitrogens with one attached hydrogen (secondary N) is 1. The number of hydrogen-bond donors (Lipinski definition) is 2. The van der Waals surface area contributed by atoms with Crippen LogP contribution < -0.4 is 10.1 Å². The summed E-state index contributed by atoms with van der Waals surface area (Å²) < 4.78 is 7.06. The molecule has 1 amide bonds. The van der Waals surface area contributed by atoms with Crippen molar-refractivity contribution in [2.75, 3.05) is 12.4 Å². The molecule has 0 unspecified atom stereocenters.